The summed E-state index contributed by atoms with van der Waals surface area (Å²) in [6, 6.07) is 4.93. The van der Waals surface area contributed by atoms with Gasteiger partial charge in [0.2, 0.25) is 0 Å². The molecule has 1 unspecified atom stereocenters. The molecule has 3 nitrogen and oxygen atoms in total. The van der Waals surface area contributed by atoms with Crippen molar-refractivity contribution in [3.8, 4) is 0 Å². The van der Waals surface area contributed by atoms with Gasteiger partial charge in [-0.05, 0) is 34.6 Å². The molecule has 0 bridgehead atoms. The zero-order valence-electron chi connectivity index (χ0n) is 10.7. The van der Waals surface area contributed by atoms with Crippen molar-refractivity contribution in [3.63, 3.8) is 0 Å². The van der Waals surface area contributed by atoms with Gasteiger partial charge in [0.1, 0.15) is 5.82 Å². The fraction of sp³-hybridized carbons (Fsp3) is 0.462. The van der Waals surface area contributed by atoms with E-state index in [1.165, 1.54) is 13.2 Å². The highest BCUT2D eigenvalue weighted by atomic mass is 79.9. The molecule has 0 N–H and O–H groups in total. The maximum Gasteiger partial charge on any atom is 0.309 e. The Morgan fingerprint density at radius 1 is 1.56 bits per heavy atom. The summed E-state index contributed by atoms with van der Waals surface area (Å²) in [5.74, 6) is -0.714. The van der Waals surface area contributed by atoms with Crippen LogP contribution in [0.1, 0.15) is 12.5 Å². The average molecular weight is 318 g/mol. The summed E-state index contributed by atoms with van der Waals surface area (Å²) in [6.07, 6.45) is 0. The van der Waals surface area contributed by atoms with Gasteiger partial charge in [-0.2, -0.15) is 0 Å². The van der Waals surface area contributed by atoms with Crippen LogP contribution in [0, 0.1) is 11.7 Å². The molecule has 0 saturated carbocycles. The summed E-state index contributed by atoms with van der Waals surface area (Å²) in [6.45, 7) is 2.94. The number of esters is 1. The van der Waals surface area contributed by atoms with E-state index in [0.717, 1.165) is 5.56 Å². The van der Waals surface area contributed by atoms with E-state index >= 15 is 0 Å². The summed E-state index contributed by atoms with van der Waals surface area (Å²) in [5.41, 5.74) is 0.856. The van der Waals surface area contributed by atoms with Crippen LogP contribution in [0.3, 0.4) is 0 Å². The number of hydrogen-bond donors (Lipinski definition) is 0. The van der Waals surface area contributed by atoms with Gasteiger partial charge in [0.25, 0.3) is 0 Å². The lowest BCUT2D eigenvalue weighted by Gasteiger charge is -2.20. The van der Waals surface area contributed by atoms with Gasteiger partial charge in [0.05, 0.1) is 17.5 Å². The van der Waals surface area contributed by atoms with E-state index in [1.54, 1.807) is 6.07 Å². The molecule has 0 heterocycles. The molecule has 0 amide bonds. The fourth-order valence-corrected chi connectivity index (χ4v) is 2.16. The molecule has 1 atom stereocenters. The Kier molecular flexibility index (Phi) is 5.75. The van der Waals surface area contributed by atoms with Crippen LogP contribution >= 0.6 is 15.9 Å². The highest BCUT2D eigenvalue weighted by Crippen LogP contribution is 2.21. The van der Waals surface area contributed by atoms with E-state index in [9.17, 15) is 9.18 Å². The largest absolute Gasteiger partial charge is 0.469 e. The number of hydrogen-bond acceptors (Lipinski definition) is 3. The third-order valence-electron chi connectivity index (χ3n) is 2.66. The molecule has 100 valence electrons. The Bertz CT molecular complexity index is 425. The Morgan fingerprint density at radius 2 is 2.22 bits per heavy atom. The van der Waals surface area contributed by atoms with Gasteiger partial charge in [0.15, 0.2) is 0 Å². The number of carbonyl (C=O) groups excluding carboxylic acids is 1. The van der Waals surface area contributed by atoms with E-state index in [1.807, 2.05) is 24.9 Å². The molecule has 0 aromatic heterocycles. The second-order valence-electron chi connectivity index (χ2n) is 4.33. The van der Waals surface area contributed by atoms with E-state index in [2.05, 4.69) is 20.7 Å². The van der Waals surface area contributed by atoms with Crippen molar-refractivity contribution in [1.29, 1.82) is 0 Å². The van der Waals surface area contributed by atoms with E-state index in [-0.39, 0.29) is 17.7 Å². The normalized spacial score (nSPS) is 12.6. The Balaban J connectivity index is 2.62. The van der Waals surface area contributed by atoms with Crippen molar-refractivity contribution in [3.05, 3.63) is 34.1 Å². The molecule has 0 radical (unpaired) electrons. The summed E-state index contributed by atoms with van der Waals surface area (Å²) in [4.78, 5) is 13.3. The number of halogens is 2. The first-order chi connectivity index (χ1) is 8.45. The number of rotatable bonds is 5. The predicted molar refractivity (Wildman–Crippen MR) is 71.6 cm³/mol. The van der Waals surface area contributed by atoms with Crippen molar-refractivity contribution in [2.45, 2.75) is 13.5 Å². The Hall–Kier alpha value is -0.940. The topological polar surface area (TPSA) is 29.5 Å². The number of methoxy groups -OCH3 is 1. The third-order valence-corrected chi connectivity index (χ3v) is 3.55. The number of carbonyl (C=O) groups is 1. The molecule has 1 rings (SSSR count). The average Bonchev–Trinajstić information content (AvgIpc) is 2.33. The van der Waals surface area contributed by atoms with Crippen LogP contribution in [-0.2, 0) is 16.1 Å². The van der Waals surface area contributed by atoms with E-state index in [0.29, 0.717) is 17.6 Å². The van der Waals surface area contributed by atoms with Gasteiger partial charge < -0.3 is 9.64 Å². The summed E-state index contributed by atoms with van der Waals surface area (Å²) >= 11 is 3.22. The minimum absolute atomic E-state index is 0.202. The molecule has 0 aliphatic heterocycles. The van der Waals surface area contributed by atoms with E-state index < -0.39 is 0 Å². The van der Waals surface area contributed by atoms with Crippen LogP contribution < -0.4 is 0 Å². The lowest BCUT2D eigenvalue weighted by molar-refractivity contribution is -0.145. The van der Waals surface area contributed by atoms with Crippen LogP contribution in [0.2, 0.25) is 0 Å². The summed E-state index contributed by atoms with van der Waals surface area (Å²) in [7, 11) is 3.26. The first-order valence-electron chi connectivity index (χ1n) is 5.65. The standard InChI is InChI=1S/C13H17BrFNO2/c1-9(13(17)18-3)7-16(2)8-10-5-4-6-11(15)12(10)14/h4-6,9H,7-8H2,1-3H3. The monoisotopic (exact) mass is 317 g/mol. The molecule has 0 aliphatic rings. The molecule has 18 heavy (non-hydrogen) atoms. The molecular formula is C13H17BrFNO2. The molecule has 0 saturated heterocycles. The smallest absolute Gasteiger partial charge is 0.309 e. The molecule has 0 fully saturated rings. The highest BCUT2D eigenvalue weighted by molar-refractivity contribution is 9.10. The molecule has 0 aliphatic carbocycles. The van der Waals surface area contributed by atoms with Crippen LogP contribution in [-0.4, -0.2) is 31.6 Å². The fourth-order valence-electron chi connectivity index (χ4n) is 1.77. The summed E-state index contributed by atoms with van der Waals surface area (Å²) < 4.78 is 18.5. The SMILES string of the molecule is COC(=O)C(C)CN(C)Cc1cccc(F)c1Br. The van der Waals surface area contributed by atoms with Gasteiger partial charge in [0, 0.05) is 13.1 Å². The zero-order valence-corrected chi connectivity index (χ0v) is 12.3. The number of nitrogens with zero attached hydrogens (tertiary/aromatic N) is 1. The molecule has 1 aromatic rings. The van der Waals surface area contributed by atoms with Gasteiger partial charge in [-0.15, -0.1) is 0 Å². The van der Waals surface area contributed by atoms with Crippen molar-refractivity contribution >= 4 is 21.9 Å². The third kappa shape index (κ3) is 4.07. The predicted octanol–water partition coefficient (Wildman–Crippen LogP) is 2.83. The van der Waals surface area contributed by atoms with E-state index in [4.69, 9.17) is 0 Å². The van der Waals surface area contributed by atoms with Gasteiger partial charge >= 0.3 is 5.97 Å². The maximum atomic E-state index is 13.3. The first kappa shape index (κ1) is 15.1. The van der Waals surface area contributed by atoms with Gasteiger partial charge in [-0.1, -0.05) is 19.1 Å². The van der Waals surface area contributed by atoms with Crippen LogP contribution in [0.25, 0.3) is 0 Å². The van der Waals surface area contributed by atoms with Crippen molar-refractivity contribution < 1.29 is 13.9 Å². The Labute approximate surface area is 115 Å². The molecular weight excluding hydrogens is 301 g/mol. The van der Waals surface area contributed by atoms with Crippen molar-refractivity contribution in [2.24, 2.45) is 5.92 Å². The lowest BCUT2D eigenvalue weighted by atomic mass is 10.1. The van der Waals surface area contributed by atoms with Crippen LogP contribution in [0.4, 0.5) is 4.39 Å². The van der Waals surface area contributed by atoms with Crippen molar-refractivity contribution in [1.82, 2.24) is 4.90 Å². The van der Waals surface area contributed by atoms with Crippen molar-refractivity contribution in [2.75, 3.05) is 20.7 Å². The first-order valence-corrected chi connectivity index (χ1v) is 6.44. The highest BCUT2D eigenvalue weighted by Gasteiger charge is 2.16. The van der Waals surface area contributed by atoms with Crippen LogP contribution in [0.5, 0.6) is 0 Å². The maximum absolute atomic E-state index is 13.3. The summed E-state index contributed by atoms with van der Waals surface area (Å²) in [5, 5.41) is 0. The second-order valence-corrected chi connectivity index (χ2v) is 5.13. The number of benzene rings is 1. The minimum Gasteiger partial charge on any atom is -0.469 e. The minimum atomic E-state index is -0.276. The van der Waals surface area contributed by atoms with Gasteiger partial charge in [-0.25, -0.2) is 4.39 Å². The quantitative estimate of drug-likeness (QED) is 0.782. The number of ether oxygens (including phenoxy) is 1. The lowest BCUT2D eigenvalue weighted by Crippen LogP contribution is -2.29. The molecule has 5 heteroatoms. The second kappa shape index (κ2) is 6.85. The molecule has 0 spiro atoms. The van der Waals surface area contributed by atoms with Crippen LogP contribution in [0.15, 0.2) is 22.7 Å². The zero-order chi connectivity index (χ0) is 13.7. The molecule has 1 aromatic carbocycles. The Morgan fingerprint density at radius 3 is 2.83 bits per heavy atom. The van der Waals surface area contributed by atoms with Gasteiger partial charge in [-0.3, -0.25) is 4.79 Å².